The maximum Gasteiger partial charge on any atom is 0.378 e. The topological polar surface area (TPSA) is 66.3 Å². The molecule has 0 amide bonds. The molecule has 0 aromatic heterocycles. The van der Waals surface area contributed by atoms with Gasteiger partial charge < -0.3 is 4.84 Å². The predicted molar refractivity (Wildman–Crippen MR) is 93.3 cm³/mol. The third-order valence-corrected chi connectivity index (χ3v) is 4.38. The minimum Gasteiger partial charge on any atom is -0.345 e. The number of hydrogen-bond donors (Lipinski definition) is 1. The van der Waals surface area contributed by atoms with Crippen LogP contribution >= 0.6 is 0 Å². The Morgan fingerprint density at radius 2 is 1.68 bits per heavy atom. The molecule has 1 N–H and O–H groups in total. The van der Waals surface area contributed by atoms with Crippen molar-refractivity contribution in [1.29, 1.82) is 0 Å². The van der Waals surface area contributed by atoms with Gasteiger partial charge in [0.1, 0.15) is 6.04 Å². The van der Waals surface area contributed by atoms with Gasteiger partial charge in [-0.05, 0) is 31.5 Å². The highest BCUT2D eigenvalue weighted by Crippen LogP contribution is 2.36. The monoisotopic (exact) mass is 334 g/mol. The summed E-state index contributed by atoms with van der Waals surface area (Å²) in [5.41, 5.74) is 7.92. The molecule has 0 bridgehead atoms. The summed E-state index contributed by atoms with van der Waals surface area (Å²) in [4.78, 5) is 17.2. The van der Waals surface area contributed by atoms with Crippen molar-refractivity contribution >= 4 is 11.7 Å². The van der Waals surface area contributed by atoms with Gasteiger partial charge in [-0.3, -0.25) is 0 Å². The summed E-state index contributed by atoms with van der Waals surface area (Å²) in [5, 5.41) is 10.2. The number of carbonyl (C=O) groups excluding carboxylic acids is 1. The Bertz CT molecular complexity index is 869. The van der Waals surface area contributed by atoms with Gasteiger partial charge >= 0.3 is 5.97 Å². The van der Waals surface area contributed by atoms with Gasteiger partial charge in [0.05, 0.1) is 11.4 Å². The lowest BCUT2D eigenvalue weighted by Gasteiger charge is -2.16. The third kappa shape index (κ3) is 2.92. The molecule has 4 rings (SSSR count). The summed E-state index contributed by atoms with van der Waals surface area (Å²) in [6, 6.07) is 15.9. The van der Waals surface area contributed by atoms with E-state index in [0.717, 1.165) is 16.8 Å². The number of hydrazine groups is 1. The van der Waals surface area contributed by atoms with E-state index in [2.05, 4.69) is 40.1 Å². The van der Waals surface area contributed by atoms with Gasteiger partial charge in [-0.1, -0.05) is 53.1 Å². The third-order valence-electron chi connectivity index (χ3n) is 4.38. The Labute approximate surface area is 145 Å². The van der Waals surface area contributed by atoms with Gasteiger partial charge in [-0.25, -0.2) is 9.80 Å². The molecule has 126 valence electrons. The first-order valence-corrected chi connectivity index (χ1v) is 8.16. The van der Waals surface area contributed by atoms with Gasteiger partial charge in [0.15, 0.2) is 5.70 Å². The van der Waals surface area contributed by atoms with E-state index < -0.39 is 5.97 Å². The van der Waals surface area contributed by atoms with Crippen LogP contribution < -0.4 is 10.6 Å². The molecule has 0 spiro atoms. The number of hydrogen-bond acceptors (Lipinski definition) is 6. The summed E-state index contributed by atoms with van der Waals surface area (Å²) in [6.07, 6.45) is 0.567. The van der Waals surface area contributed by atoms with Crippen molar-refractivity contribution < 1.29 is 9.63 Å². The van der Waals surface area contributed by atoms with E-state index in [1.165, 1.54) is 5.56 Å². The lowest BCUT2D eigenvalue weighted by Crippen LogP contribution is -2.29. The van der Waals surface area contributed by atoms with Crippen molar-refractivity contribution in [1.82, 2.24) is 5.59 Å². The highest BCUT2D eigenvalue weighted by Gasteiger charge is 2.35. The number of carbonyl (C=O) groups is 1. The lowest BCUT2D eigenvalue weighted by molar-refractivity contribution is -0.140. The zero-order valence-electron chi connectivity index (χ0n) is 14.1. The summed E-state index contributed by atoms with van der Waals surface area (Å²) in [6.45, 7) is 4.06. The fourth-order valence-electron chi connectivity index (χ4n) is 2.92. The molecule has 1 atom stereocenters. The molecule has 1 unspecified atom stereocenters. The maximum absolute atomic E-state index is 12.2. The minimum atomic E-state index is -0.445. The van der Waals surface area contributed by atoms with Crippen LogP contribution in [-0.2, 0) is 9.63 Å². The number of benzene rings is 2. The fourth-order valence-corrected chi connectivity index (χ4v) is 2.92. The van der Waals surface area contributed by atoms with Gasteiger partial charge in [-0.15, -0.1) is 0 Å². The van der Waals surface area contributed by atoms with Crippen LogP contribution in [0.2, 0.25) is 0 Å². The summed E-state index contributed by atoms with van der Waals surface area (Å²) in [5.74, 6) is -0.445. The number of nitrogens with one attached hydrogen (secondary N) is 1. The van der Waals surface area contributed by atoms with Gasteiger partial charge in [-0.2, -0.15) is 10.2 Å². The minimum absolute atomic E-state index is 0.0728. The zero-order chi connectivity index (χ0) is 17.4. The summed E-state index contributed by atoms with van der Waals surface area (Å²) < 4.78 is 0. The fraction of sp³-hybridized carbons (Fsp3) is 0.211. The van der Waals surface area contributed by atoms with Crippen molar-refractivity contribution in [2.24, 2.45) is 10.2 Å². The van der Waals surface area contributed by atoms with Crippen LogP contribution in [0.15, 0.2) is 70.2 Å². The molecule has 6 heteroatoms. The van der Waals surface area contributed by atoms with Crippen LogP contribution in [0.1, 0.15) is 29.2 Å². The Balaban J connectivity index is 1.64. The molecule has 2 aliphatic heterocycles. The Morgan fingerprint density at radius 1 is 1.04 bits per heavy atom. The molecular weight excluding hydrogens is 316 g/mol. The van der Waals surface area contributed by atoms with E-state index in [1.807, 2.05) is 38.1 Å². The van der Waals surface area contributed by atoms with Gasteiger partial charge in [0, 0.05) is 6.42 Å². The molecular formula is C19H18N4O2. The van der Waals surface area contributed by atoms with Crippen molar-refractivity contribution in [3.63, 3.8) is 0 Å². The van der Waals surface area contributed by atoms with Crippen LogP contribution in [0, 0.1) is 13.8 Å². The first-order valence-electron chi connectivity index (χ1n) is 8.16. The molecule has 25 heavy (non-hydrogen) atoms. The van der Waals surface area contributed by atoms with Gasteiger partial charge in [0.2, 0.25) is 0 Å². The molecule has 0 aliphatic carbocycles. The standard InChI is InChI=1S/C19H18N4O2/c1-12-3-7-14(8-4-12)16-11-17(21-20-16)18-19(24)25-22-23(18)15-9-5-13(2)6-10-15/h3-10,16,22H,11H2,1-2H3. The highest BCUT2D eigenvalue weighted by molar-refractivity contribution is 5.95. The summed E-state index contributed by atoms with van der Waals surface area (Å²) >= 11 is 0. The van der Waals surface area contributed by atoms with Crippen molar-refractivity contribution in [2.45, 2.75) is 26.3 Å². The predicted octanol–water partition coefficient (Wildman–Crippen LogP) is 3.90. The quantitative estimate of drug-likeness (QED) is 0.846. The lowest BCUT2D eigenvalue weighted by atomic mass is 10.0. The molecule has 1 saturated heterocycles. The van der Waals surface area contributed by atoms with E-state index in [1.54, 1.807) is 5.01 Å². The number of aryl methyl sites for hydroxylation is 2. The molecule has 2 aromatic carbocycles. The van der Waals surface area contributed by atoms with Crippen LogP contribution in [0.5, 0.6) is 0 Å². The number of nitrogens with zero attached hydrogens (tertiary/aromatic N) is 3. The van der Waals surface area contributed by atoms with E-state index >= 15 is 0 Å². The second-order valence-corrected chi connectivity index (χ2v) is 6.29. The molecule has 6 nitrogen and oxygen atoms in total. The highest BCUT2D eigenvalue weighted by atomic mass is 16.7. The molecule has 0 saturated carbocycles. The average molecular weight is 334 g/mol. The smallest absolute Gasteiger partial charge is 0.345 e. The Morgan fingerprint density at radius 3 is 2.36 bits per heavy atom. The van der Waals surface area contributed by atoms with Crippen LogP contribution in [0.25, 0.3) is 0 Å². The molecule has 1 fully saturated rings. The zero-order valence-corrected chi connectivity index (χ0v) is 14.1. The number of rotatable bonds is 2. The molecule has 2 heterocycles. The second kappa shape index (κ2) is 6.14. The van der Waals surface area contributed by atoms with Crippen LogP contribution in [-0.4, -0.2) is 5.97 Å². The second-order valence-electron chi connectivity index (χ2n) is 6.29. The average Bonchev–Trinajstić information content (AvgIpc) is 3.23. The van der Waals surface area contributed by atoms with E-state index in [0.29, 0.717) is 17.8 Å². The molecule has 2 aromatic rings. The first kappa shape index (κ1) is 15.5. The van der Waals surface area contributed by atoms with Crippen molar-refractivity contribution in [3.05, 3.63) is 76.6 Å². The van der Waals surface area contributed by atoms with E-state index in [9.17, 15) is 4.79 Å². The van der Waals surface area contributed by atoms with Crippen LogP contribution in [0.3, 0.4) is 0 Å². The normalized spacial score (nSPS) is 22.6. The maximum atomic E-state index is 12.2. The van der Waals surface area contributed by atoms with Gasteiger partial charge in [0.25, 0.3) is 0 Å². The van der Waals surface area contributed by atoms with Crippen molar-refractivity contribution in [2.75, 3.05) is 5.01 Å². The van der Waals surface area contributed by atoms with Crippen molar-refractivity contribution in [3.8, 4) is 0 Å². The van der Waals surface area contributed by atoms with E-state index in [4.69, 9.17) is 4.84 Å². The molecule has 2 aliphatic rings. The first-order chi connectivity index (χ1) is 12.1. The number of anilines is 1. The Hall–Kier alpha value is -2.99. The largest absolute Gasteiger partial charge is 0.378 e. The van der Waals surface area contributed by atoms with E-state index in [-0.39, 0.29) is 6.04 Å². The Kier molecular flexibility index (Phi) is 3.82. The van der Waals surface area contributed by atoms with Crippen LogP contribution in [0.4, 0.5) is 5.69 Å². The molecule has 0 radical (unpaired) electrons. The summed E-state index contributed by atoms with van der Waals surface area (Å²) in [7, 11) is 0. The SMILES string of the molecule is Cc1ccc(C2CC(=C3C(=O)ONN3c3ccc(C)cc3)N=N2)cc1. The number of azo groups is 1.